The Bertz CT molecular complexity index is 337. The molecular formula is C14H21NO2. The summed E-state index contributed by atoms with van der Waals surface area (Å²) in [6.45, 7) is 4.55. The zero-order valence-corrected chi connectivity index (χ0v) is 10.8. The summed E-state index contributed by atoms with van der Waals surface area (Å²) in [6, 6.07) is 10.1. The average Bonchev–Trinajstić information content (AvgIpc) is 2.30. The van der Waals surface area contributed by atoms with Crippen LogP contribution < -0.4 is 5.32 Å². The van der Waals surface area contributed by atoms with E-state index >= 15 is 0 Å². The molecule has 3 nitrogen and oxygen atoms in total. The molecule has 0 aliphatic carbocycles. The zero-order chi connectivity index (χ0) is 12.7. The maximum Gasteiger partial charge on any atom is 0.220 e. The van der Waals surface area contributed by atoms with E-state index in [-0.39, 0.29) is 17.9 Å². The fourth-order valence-corrected chi connectivity index (χ4v) is 1.80. The largest absolute Gasteiger partial charge is 0.383 e. The van der Waals surface area contributed by atoms with Crippen LogP contribution in [-0.2, 0) is 9.53 Å². The standard InChI is InChI=1S/C14H21NO2/c1-11(13-7-5-4-6-8-13)9-14(16)15-12(2)10-17-3/h4-8,11-12H,9-10H2,1-3H3,(H,15,16)/t11-,12+/m0/s1. The van der Waals surface area contributed by atoms with E-state index in [0.29, 0.717) is 13.0 Å². The van der Waals surface area contributed by atoms with Gasteiger partial charge in [-0.05, 0) is 18.4 Å². The Kier molecular flexibility index (Phi) is 5.70. The first-order valence-corrected chi connectivity index (χ1v) is 5.96. The lowest BCUT2D eigenvalue weighted by Crippen LogP contribution is -2.36. The number of carbonyl (C=O) groups excluding carboxylic acids is 1. The minimum atomic E-state index is 0.0653. The summed E-state index contributed by atoms with van der Waals surface area (Å²) in [6.07, 6.45) is 0.512. The predicted octanol–water partition coefficient (Wildman–Crippen LogP) is 2.33. The molecule has 0 aromatic heterocycles. The van der Waals surface area contributed by atoms with E-state index < -0.39 is 0 Å². The van der Waals surface area contributed by atoms with Crippen molar-refractivity contribution < 1.29 is 9.53 Å². The molecule has 0 fully saturated rings. The van der Waals surface area contributed by atoms with Crippen molar-refractivity contribution in [2.75, 3.05) is 13.7 Å². The molecule has 1 aromatic carbocycles. The third-order valence-corrected chi connectivity index (χ3v) is 2.68. The molecule has 1 aromatic rings. The second-order valence-electron chi connectivity index (χ2n) is 4.44. The highest BCUT2D eigenvalue weighted by atomic mass is 16.5. The van der Waals surface area contributed by atoms with Gasteiger partial charge in [-0.25, -0.2) is 0 Å². The van der Waals surface area contributed by atoms with Crippen LogP contribution in [0.15, 0.2) is 30.3 Å². The van der Waals surface area contributed by atoms with Gasteiger partial charge in [0.05, 0.1) is 6.61 Å². The van der Waals surface area contributed by atoms with Gasteiger partial charge >= 0.3 is 0 Å². The lowest BCUT2D eigenvalue weighted by atomic mass is 9.97. The Morgan fingerprint density at radius 1 is 1.29 bits per heavy atom. The molecule has 94 valence electrons. The SMILES string of the molecule is COC[C@@H](C)NC(=O)C[C@H](C)c1ccccc1. The van der Waals surface area contributed by atoms with Crippen molar-refractivity contribution in [1.82, 2.24) is 5.32 Å². The lowest BCUT2D eigenvalue weighted by molar-refractivity contribution is -0.122. The van der Waals surface area contributed by atoms with Gasteiger partial charge in [-0.2, -0.15) is 0 Å². The van der Waals surface area contributed by atoms with Crippen LogP contribution in [0.3, 0.4) is 0 Å². The van der Waals surface area contributed by atoms with Gasteiger partial charge in [0.1, 0.15) is 0 Å². The number of ether oxygens (including phenoxy) is 1. The Morgan fingerprint density at radius 2 is 1.94 bits per heavy atom. The van der Waals surface area contributed by atoms with Crippen LogP contribution in [0.4, 0.5) is 0 Å². The van der Waals surface area contributed by atoms with Crippen molar-refractivity contribution in [3.63, 3.8) is 0 Å². The molecule has 0 aliphatic heterocycles. The molecule has 0 heterocycles. The van der Waals surface area contributed by atoms with Crippen molar-refractivity contribution in [3.8, 4) is 0 Å². The summed E-state index contributed by atoms with van der Waals surface area (Å²) in [5, 5.41) is 2.92. The molecule has 0 bridgehead atoms. The second kappa shape index (κ2) is 7.07. The summed E-state index contributed by atoms with van der Waals surface area (Å²) in [7, 11) is 1.63. The van der Waals surface area contributed by atoms with Crippen molar-refractivity contribution >= 4 is 5.91 Å². The number of carbonyl (C=O) groups is 1. The van der Waals surface area contributed by atoms with E-state index in [1.807, 2.05) is 25.1 Å². The van der Waals surface area contributed by atoms with Crippen LogP contribution in [-0.4, -0.2) is 25.7 Å². The highest BCUT2D eigenvalue weighted by Crippen LogP contribution is 2.18. The van der Waals surface area contributed by atoms with E-state index in [4.69, 9.17) is 4.74 Å². The zero-order valence-electron chi connectivity index (χ0n) is 10.8. The van der Waals surface area contributed by atoms with Gasteiger partial charge in [0.15, 0.2) is 0 Å². The van der Waals surface area contributed by atoms with Gasteiger partial charge in [-0.1, -0.05) is 37.3 Å². The van der Waals surface area contributed by atoms with Crippen LogP contribution in [0.2, 0.25) is 0 Å². The van der Waals surface area contributed by atoms with Crippen LogP contribution in [0.1, 0.15) is 31.7 Å². The van der Waals surface area contributed by atoms with Crippen LogP contribution in [0.5, 0.6) is 0 Å². The molecule has 0 saturated carbocycles. The molecule has 0 radical (unpaired) electrons. The Morgan fingerprint density at radius 3 is 2.53 bits per heavy atom. The highest BCUT2D eigenvalue weighted by Gasteiger charge is 2.12. The predicted molar refractivity (Wildman–Crippen MR) is 69.0 cm³/mol. The van der Waals surface area contributed by atoms with E-state index in [9.17, 15) is 4.79 Å². The molecule has 0 aliphatic rings. The highest BCUT2D eigenvalue weighted by molar-refractivity contribution is 5.77. The summed E-state index contributed by atoms with van der Waals surface area (Å²) >= 11 is 0. The third-order valence-electron chi connectivity index (χ3n) is 2.68. The lowest BCUT2D eigenvalue weighted by Gasteiger charge is -2.15. The summed E-state index contributed by atoms with van der Waals surface area (Å²) < 4.78 is 4.98. The molecule has 0 unspecified atom stereocenters. The number of hydrogen-bond acceptors (Lipinski definition) is 2. The normalized spacial score (nSPS) is 14.1. The minimum absolute atomic E-state index is 0.0653. The summed E-state index contributed by atoms with van der Waals surface area (Å²) in [5.74, 6) is 0.317. The maximum atomic E-state index is 11.7. The second-order valence-corrected chi connectivity index (χ2v) is 4.44. The smallest absolute Gasteiger partial charge is 0.220 e. The van der Waals surface area contributed by atoms with Gasteiger partial charge in [0.2, 0.25) is 5.91 Å². The number of methoxy groups -OCH3 is 1. The molecule has 3 heteroatoms. The molecule has 1 N–H and O–H groups in total. The first kappa shape index (κ1) is 13.7. The summed E-state index contributed by atoms with van der Waals surface area (Å²) in [4.78, 5) is 11.7. The Balaban J connectivity index is 2.41. The fourth-order valence-electron chi connectivity index (χ4n) is 1.80. The fraction of sp³-hybridized carbons (Fsp3) is 0.500. The van der Waals surface area contributed by atoms with Crippen molar-refractivity contribution in [2.45, 2.75) is 32.2 Å². The monoisotopic (exact) mass is 235 g/mol. The number of benzene rings is 1. The van der Waals surface area contributed by atoms with E-state index in [1.165, 1.54) is 5.56 Å². The van der Waals surface area contributed by atoms with Gasteiger partial charge in [-0.15, -0.1) is 0 Å². The van der Waals surface area contributed by atoms with Crippen LogP contribution in [0.25, 0.3) is 0 Å². The molecule has 0 spiro atoms. The molecule has 1 rings (SSSR count). The number of nitrogens with one attached hydrogen (secondary N) is 1. The van der Waals surface area contributed by atoms with Crippen molar-refractivity contribution in [1.29, 1.82) is 0 Å². The number of rotatable bonds is 6. The molecule has 1 amide bonds. The Hall–Kier alpha value is -1.35. The molecule has 2 atom stereocenters. The van der Waals surface area contributed by atoms with Crippen LogP contribution >= 0.6 is 0 Å². The van der Waals surface area contributed by atoms with Gasteiger partial charge in [0, 0.05) is 19.6 Å². The third kappa shape index (κ3) is 5.00. The Labute approximate surface area is 103 Å². The van der Waals surface area contributed by atoms with E-state index in [1.54, 1.807) is 7.11 Å². The molecule has 0 saturated heterocycles. The van der Waals surface area contributed by atoms with Gasteiger partial charge in [0.25, 0.3) is 0 Å². The first-order valence-electron chi connectivity index (χ1n) is 5.96. The maximum absolute atomic E-state index is 11.7. The van der Waals surface area contributed by atoms with Crippen molar-refractivity contribution in [3.05, 3.63) is 35.9 Å². The topological polar surface area (TPSA) is 38.3 Å². The first-order chi connectivity index (χ1) is 8.13. The van der Waals surface area contributed by atoms with Gasteiger partial charge in [-0.3, -0.25) is 4.79 Å². The van der Waals surface area contributed by atoms with Crippen LogP contribution in [0, 0.1) is 0 Å². The molecule has 17 heavy (non-hydrogen) atoms. The summed E-state index contributed by atoms with van der Waals surface area (Å²) in [5.41, 5.74) is 1.20. The van der Waals surface area contributed by atoms with E-state index in [2.05, 4.69) is 24.4 Å². The quantitative estimate of drug-likeness (QED) is 0.822. The number of hydrogen-bond donors (Lipinski definition) is 1. The molecular weight excluding hydrogens is 214 g/mol. The number of amides is 1. The van der Waals surface area contributed by atoms with Crippen molar-refractivity contribution in [2.24, 2.45) is 0 Å². The van der Waals surface area contributed by atoms with E-state index in [0.717, 1.165) is 0 Å². The van der Waals surface area contributed by atoms with Gasteiger partial charge < -0.3 is 10.1 Å². The average molecular weight is 235 g/mol. The minimum Gasteiger partial charge on any atom is -0.383 e.